The maximum absolute atomic E-state index is 2.37. The van der Waals surface area contributed by atoms with Gasteiger partial charge in [-0.15, -0.1) is 0 Å². The molecule has 0 saturated heterocycles. The molecule has 0 amide bonds. The maximum Gasteiger partial charge on any atom is 0.0594 e. The minimum atomic E-state index is -0.653. The van der Waals surface area contributed by atoms with Crippen LogP contribution in [0.2, 0.25) is 0 Å². The Kier molecular flexibility index (Phi) is 25.4. The first-order chi connectivity index (χ1) is 12.2. The molecule has 0 bridgehead atoms. The van der Waals surface area contributed by atoms with Crippen LogP contribution in [0.3, 0.4) is 0 Å². The van der Waals surface area contributed by atoms with Gasteiger partial charge in [-0.05, 0) is 38.5 Å². The highest BCUT2D eigenvalue weighted by atomic mass is 127. The molecule has 26 heavy (non-hydrogen) atoms. The van der Waals surface area contributed by atoms with E-state index >= 15 is 0 Å². The van der Waals surface area contributed by atoms with Crippen LogP contribution in [0.25, 0.3) is 0 Å². The van der Waals surface area contributed by atoms with Crippen molar-refractivity contribution in [2.24, 2.45) is 0 Å². The van der Waals surface area contributed by atoms with Crippen LogP contribution in [-0.4, -0.2) is 24.6 Å². The molecule has 160 valence electrons. The summed E-state index contributed by atoms with van der Waals surface area (Å²) in [5.41, 5.74) is 0. The summed E-state index contributed by atoms with van der Waals surface area (Å²) >= 11 is 0. The van der Waals surface area contributed by atoms with Crippen LogP contribution in [0.1, 0.15) is 130 Å². The van der Waals surface area contributed by atoms with Crippen LogP contribution >= 0.6 is 7.26 Å². The van der Waals surface area contributed by atoms with Crippen molar-refractivity contribution >= 4 is 7.26 Å². The van der Waals surface area contributed by atoms with Gasteiger partial charge in [0, 0.05) is 7.26 Å². The standard InChI is InChI=1S/C24H52P.HI/c1-5-9-13-15-19-23-25(21-17-11-7-3,22-18-12-8-4)24-20-16-14-10-6-2;/h5-24H2,1-4H3;1H/q+1;/p-1. The lowest BCUT2D eigenvalue weighted by atomic mass is 10.2. The summed E-state index contributed by atoms with van der Waals surface area (Å²) in [6.07, 6.45) is 30.1. The van der Waals surface area contributed by atoms with E-state index in [1.165, 1.54) is 89.9 Å². The minimum Gasteiger partial charge on any atom is -1.00 e. The van der Waals surface area contributed by atoms with Crippen LogP contribution in [-0.2, 0) is 0 Å². The predicted octanol–water partition coefficient (Wildman–Crippen LogP) is 6.33. The Morgan fingerprint density at radius 3 is 0.885 bits per heavy atom. The summed E-state index contributed by atoms with van der Waals surface area (Å²) in [5.74, 6) is 0. The van der Waals surface area contributed by atoms with Gasteiger partial charge < -0.3 is 24.0 Å². The molecular formula is C24H52IP. The second-order valence-electron chi connectivity index (χ2n) is 8.48. The Hall–Kier alpha value is 1.16. The van der Waals surface area contributed by atoms with E-state index in [9.17, 15) is 0 Å². The minimum absolute atomic E-state index is 0. The van der Waals surface area contributed by atoms with Gasteiger partial charge in [-0.25, -0.2) is 0 Å². The molecule has 0 aromatic carbocycles. The van der Waals surface area contributed by atoms with Crippen molar-refractivity contribution in [1.82, 2.24) is 0 Å². The van der Waals surface area contributed by atoms with Crippen LogP contribution < -0.4 is 24.0 Å². The van der Waals surface area contributed by atoms with Gasteiger partial charge in [0.15, 0.2) is 0 Å². The van der Waals surface area contributed by atoms with Crippen molar-refractivity contribution in [3.8, 4) is 0 Å². The highest BCUT2D eigenvalue weighted by Crippen LogP contribution is 2.61. The number of hydrogen-bond donors (Lipinski definition) is 0. The molecule has 0 aromatic heterocycles. The largest absolute Gasteiger partial charge is 1.00 e. The summed E-state index contributed by atoms with van der Waals surface area (Å²) in [6.45, 7) is 9.41. The second kappa shape index (κ2) is 22.4. The van der Waals surface area contributed by atoms with Gasteiger partial charge in [-0.2, -0.15) is 0 Å². The smallest absolute Gasteiger partial charge is 0.0594 e. The molecule has 0 nitrogen and oxygen atoms in total. The van der Waals surface area contributed by atoms with Gasteiger partial charge >= 0.3 is 0 Å². The summed E-state index contributed by atoms with van der Waals surface area (Å²) in [4.78, 5) is 0. The van der Waals surface area contributed by atoms with Gasteiger partial charge in [0.1, 0.15) is 0 Å². The van der Waals surface area contributed by atoms with Crippen molar-refractivity contribution in [2.45, 2.75) is 130 Å². The Bertz CT molecular complexity index is 229. The van der Waals surface area contributed by atoms with E-state index in [1.807, 2.05) is 0 Å². The summed E-state index contributed by atoms with van der Waals surface area (Å²) in [5, 5.41) is 0. The molecule has 0 fully saturated rings. The zero-order valence-corrected chi connectivity index (χ0v) is 22.0. The quantitative estimate of drug-likeness (QED) is 0.105. The molecular weight excluding hydrogens is 446 g/mol. The predicted molar refractivity (Wildman–Crippen MR) is 123 cm³/mol. The van der Waals surface area contributed by atoms with E-state index in [0.717, 1.165) is 0 Å². The fourth-order valence-electron chi connectivity index (χ4n) is 4.17. The van der Waals surface area contributed by atoms with Gasteiger partial charge in [0.2, 0.25) is 0 Å². The number of hydrogen-bond acceptors (Lipinski definition) is 0. The monoisotopic (exact) mass is 498 g/mol. The molecule has 0 spiro atoms. The molecule has 0 atom stereocenters. The zero-order chi connectivity index (χ0) is 18.6. The lowest BCUT2D eigenvalue weighted by Crippen LogP contribution is -3.00. The van der Waals surface area contributed by atoms with E-state index in [2.05, 4.69) is 27.7 Å². The fourth-order valence-corrected chi connectivity index (χ4v) is 9.09. The first-order valence-electron chi connectivity index (χ1n) is 12.1. The van der Waals surface area contributed by atoms with Crippen molar-refractivity contribution in [2.75, 3.05) is 24.6 Å². The molecule has 0 saturated carbocycles. The molecule has 0 aliphatic rings. The second-order valence-corrected chi connectivity index (χ2v) is 13.0. The molecule has 0 aromatic rings. The number of unbranched alkanes of at least 4 members (excludes halogenated alkanes) is 12. The van der Waals surface area contributed by atoms with Crippen LogP contribution in [0.5, 0.6) is 0 Å². The Labute approximate surface area is 185 Å². The molecule has 0 unspecified atom stereocenters. The molecule has 0 N–H and O–H groups in total. The zero-order valence-electron chi connectivity index (χ0n) is 19.0. The van der Waals surface area contributed by atoms with Gasteiger partial charge in [0.05, 0.1) is 24.6 Å². The SMILES string of the molecule is CCCCCCC[P+](CCCCC)(CCCCC)CCCCCCC.[I-]. The third-order valence-electron chi connectivity index (χ3n) is 5.94. The molecule has 0 heterocycles. The molecule has 0 rings (SSSR count). The highest BCUT2D eigenvalue weighted by Gasteiger charge is 2.34. The fraction of sp³-hybridized carbons (Fsp3) is 1.00. The molecule has 0 radical (unpaired) electrons. The van der Waals surface area contributed by atoms with Crippen LogP contribution in [0.15, 0.2) is 0 Å². The van der Waals surface area contributed by atoms with Crippen LogP contribution in [0.4, 0.5) is 0 Å². The highest BCUT2D eigenvalue weighted by molar-refractivity contribution is 7.75. The third-order valence-corrected chi connectivity index (χ3v) is 11.0. The summed E-state index contributed by atoms with van der Waals surface area (Å²) in [6, 6.07) is 0. The maximum atomic E-state index is 2.37. The van der Waals surface area contributed by atoms with E-state index in [-0.39, 0.29) is 24.0 Å². The molecule has 0 aliphatic heterocycles. The summed E-state index contributed by atoms with van der Waals surface area (Å²) in [7, 11) is -0.653. The average Bonchev–Trinajstić information content (AvgIpc) is 2.62. The Balaban J connectivity index is 0. The summed E-state index contributed by atoms with van der Waals surface area (Å²) < 4.78 is 0. The van der Waals surface area contributed by atoms with E-state index in [0.29, 0.717) is 0 Å². The first-order valence-corrected chi connectivity index (χ1v) is 14.6. The van der Waals surface area contributed by atoms with Gasteiger partial charge in [-0.1, -0.05) is 91.9 Å². The molecule has 2 heteroatoms. The van der Waals surface area contributed by atoms with E-state index in [1.54, 1.807) is 37.5 Å². The Morgan fingerprint density at radius 2 is 0.577 bits per heavy atom. The normalized spacial score (nSPS) is 11.5. The van der Waals surface area contributed by atoms with Gasteiger partial charge in [-0.3, -0.25) is 0 Å². The molecule has 0 aliphatic carbocycles. The van der Waals surface area contributed by atoms with E-state index in [4.69, 9.17) is 0 Å². The van der Waals surface area contributed by atoms with Crippen molar-refractivity contribution in [1.29, 1.82) is 0 Å². The third kappa shape index (κ3) is 17.3. The first kappa shape index (κ1) is 29.4. The van der Waals surface area contributed by atoms with Crippen molar-refractivity contribution in [3.05, 3.63) is 0 Å². The number of rotatable bonds is 20. The van der Waals surface area contributed by atoms with Crippen molar-refractivity contribution in [3.63, 3.8) is 0 Å². The van der Waals surface area contributed by atoms with Crippen molar-refractivity contribution < 1.29 is 24.0 Å². The Morgan fingerprint density at radius 1 is 0.346 bits per heavy atom. The van der Waals surface area contributed by atoms with Gasteiger partial charge in [0.25, 0.3) is 0 Å². The topological polar surface area (TPSA) is 0 Å². The lowest BCUT2D eigenvalue weighted by molar-refractivity contribution is -0.00000580. The van der Waals surface area contributed by atoms with Crippen LogP contribution in [0, 0.1) is 0 Å². The van der Waals surface area contributed by atoms with E-state index < -0.39 is 7.26 Å². The lowest BCUT2D eigenvalue weighted by Gasteiger charge is -2.28. The average molecular weight is 499 g/mol. The number of halogens is 1.